The fourth-order valence-electron chi connectivity index (χ4n) is 2.96. The largest absolute Gasteiger partial charge is 0.334 e. The van der Waals surface area contributed by atoms with Gasteiger partial charge in [0.15, 0.2) is 0 Å². The second-order valence-electron chi connectivity index (χ2n) is 5.76. The number of nitrogens with one attached hydrogen (secondary N) is 1. The lowest BCUT2D eigenvalue weighted by Crippen LogP contribution is -2.36. The first-order valence-corrected chi connectivity index (χ1v) is 7.53. The van der Waals surface area contributed by atoms with Gasteiger partial charge in [-0.05, 0) is 48.4 Å². The standard InChI is InChI=1S/C16H17ClN2O2/c1-9(2)13-14(17)18-16(21)19(15(13)20)12-7-6-10-4-3-5-11(10)8-12/h6-9H,3-5H2,1-2H3,(H,18,21). The SMILES string of the molecule is CC(C)c1c(Cl)[nH]c(=O)n(-c2ccc3c(c2)CCC3)c1=O. The van der Waals surface area contributed by atoms with Gasteiger partial charge in [0.2, 0.25) is 0 Å². The quantitative estimate of drug-likeness (QED) is 0.867. The van der Waals surface area contributed by atoms with E-state index in [0.717, 1.165) is 19.3 Å². The molecule has 0 fully saturated rings. The molecule has 0 bridgehead atoms. The maximum Gasteiger partial charge on any atom is 0.334 e. The first-order valence-electron chi connectivity index (χ1n) is 7.16. The summed E-state index contributed by atoms with van der Waals surface area (Å²) in [5.74, 6) is -0.0532. The zero-order valence-corrected chi connectivity index (χ0v) is 12.8. The molecular weight excluding hydrogens is 288 g/mol. The zero-order valence-electron chi connectivity index (χ0n) is 12.1. The molecule has 21 heavy (non-hydrogen) atoms. The molecule has 1 aliphatic rings. The minimum atomic E-state index is -0.493. The molecule has 0 spiro atoms. The average Bonchev–Trinajstić information content (AvgIpc) is 2.84. The van der Waals surface area contributed by atoms with Gasteiger partial charge < -0.3 is 0 Å². The number of halogens is 1. The maximum absolute atomic E-state index is 12.6. The number of aromatic amines is 1. The summed E-state index contributed by atoms with van der Waals surface area (Å²) in [5.41, 5.74) is 2.75. The molecule has 0 saturated carbocycles. The van der Waals surface area contributed by atoms with Crippen molar-refractivity contribution in [3.05, 3.63) is 60.9 Å². The third-order valence-electron chi connectivity index (χ3n) is 4.01. The second-order valence-corrected chi connectivity index (χ2v) is 6.14. The molecule has 2 aromatic rings. The number of hydrogen-bond acceptors (Lipinski definition) is 2. The van der Waals surface area contributed by atoms with Gasteiger partial charge in [0.25, 0.3) is 5.56 Å². The van der Waals surface area contributed by atoms with Crippen LogP contribution in [-0.4, -0.2) is 9.55 Å². The lowest BCUT2D eigenvalue weighted by molar-refractivity contribution is 0.777. The van der Waals surface area contributed by atoms with E-state index in [-0.39, 0.29) is 16.6 Å². The Hall–Kier alpha value is -1.81. The molecule has 0 radical (unpaired) electrons. The van der Waals surface area contributed by atoms with Gasteiger partial charge in [0.05, 0.1) is 11.3 Å². The monoisotopic (exact) mass is 304 g/mol. The minimum absolute atomic E-state index is 0.0532. The van der Waals surface area contributed by atoms with Gasteiger partial charge in [-0.2, -0.15) is 0 Å². The summed E-state index contributed by atoms with van der Waals surface area (Å²) in [7, 11) is 0. The normalized spacial score (nSPS) is 13.7. The minimum Gasteiger partial charge on any atom is -0.297 e. The molecule has 4 nitrogen and oxygen atoms in total. The van der Waals surface area contributed by atoms with E-state index < -0.39 is 5.69 Å². The van der Waals surface area contributed by atoms with Crippen molar-refractivity contribution < 1.29 is 0 Å². The van der Waals surface area contributed by atoms with Crippen molar-refractivity contribution in [2.75, 3.05) is 0 Å². The van der Waals surface area contributed by atoms with E-state index in [1.807, 2.05) is 32.0 Å². The molecule has 1 N–H and O–H groups in total. The van der Waals surface area contributed by atoms with Gasteiger partial charge in [-0.25, -0.2) is 9.36 Å². The van der Waals surface area contributed by atoms with Crippen molar-refractivity contribution in [3.63, 3.8) is 0 Å². The molecule has 1 heterocycles. The van der Waals surface area contributed by atoms with Crippen LogP contribution < -0.4 is 11.2 Å². The molecule has 0 aliphatic heterocycles. The number of aryl methyl sites for hydroxylation is 2. The molecule has 0 amide bonds. The number of fused-ring (bicyclic) bond motifs is 1. The summed E-state index contributed by atoms with van der Waals surface area (Å²) >= 11 is 6.01. The van der Waals surface area contributed by atoms with Crippen molar-refractivity contribution in [1.29, 1.82) is 0 Å². The first-order chi connectivity index (χ1) is 9.99. The smallest absolute Gasteiger partial charge is 0.297 e. The zero-order chi connectivity index (χ0) is 15.1. The number of hydrogen-bond donors (Lipinski definition) is 1. The highest BCUT2D eigenvalue weighted by atomic mass is 35.5. The first kappa shape index (κ1) is 14.1. The molecule has 1 aliphatic carbocycles. The van der Waals surface area contributed by atoms with Crippen LogP contribution in [0.3, 0.4) is 0 Å². The van der Waals surface area contributed by atoms with Crippen molar-refractivity contribution in [2.45, 2.75) is 39.0 Å². The molecule has 1 aromatic heterocycles. The number of aromatic nitrogens is 2. The lowest BCUT2D eigenvalue weighted by Gasteiger charge is -2.12. The van der Waals surface area contributed by atoms with Crippen molar-refractivity contribution in [1.82, 2.24) is 9.55 Å². The van der Waals surface area contributed by atoms with Crippen LogP contribution >= 0.6 is 11.6 Å². The highest BCUT2D eigenvalue weighted by molar-refractivity contribution is 6.30. The second kappa shape index (κ2) is 5.19. The molecule has 3 rings (SSSR count). The van der Waals surface area contributed by atoms with Crippen LogP contribution in [-0.2, 0) is 12.8 Å². The third-order valence-corrected chi connectivity index (χ3v) is 4.31. The molecule has 110 valence electrons. The highest BCUT2D eigenvalue weighted by Gasteiger charge is 2.18. The van der Waals surface area contributed by atoms with Crippen LogP contribution in [0.15, 0.2) is 27.8 Å². The highest BCUT2D eigenvalue weighted by Crippen LogP contribution is 2.24. The fourth-order valence-corrected chi connectivity index (χ4v) is 3.34. The van der Waals surface area contributed by atoms with Gasteiger partial charge in [-0.1, -0.05) is 31.5 Å². The fraction of sp³-hybridized carbons (Fsp3) is 0.375. The van der Waals surface area contributed by atoms with Crippen LogP contribution in [0.4, 0.5) is 0 Å². The van der Waals surface area contributed by atoms with Gasteiger partial charge >= 0.3 is 5.69 Å². The summed E-state index contributed by atoms with van der Waals surface area (Å²) in [6, 6.07) is 5.78. The maximum atomic E-state index is 12.6. The molecule has 1 aromatic carbocycles. The summed E-state index contributed by atoms with van der Waals surface area (Å²) in [4.78, 5) is 27.3. The number of rotatable bonds is 2. The van der Waals surface area contributed by atoms with E-state index in [1.54, 1.807) is 0 Å². The Morgan fingerprint density at radius 3 is 2.62 bits per heavy atom. The van der Waals surface area contributed by atoms with E-state index in [1.165, 1.54) is 15.7 Å². The van der Waals surface area contributed by atoms with Crippen molar-refractivity contribution in [3.8, 4) is 5.69 Å². The van der Waals surface area contributed by atoms with Gasteiger partial charge in [-0.15, -0.1) is 0 Å². The Balaban J connectivity index is 2.26. The van der Waals surface area contributed by atoms with E-state index in [9.17, 15) is 9.59 Å². The molecule has 0 saturated heterocycles. The average molecular weight is 305 g/mol. The van der Waals surface area contributed by atoms with Crippen LogP contribution in [0.25, 0.3) is 5.69 Å². The number of benzene rings is 1. The molecular formula is C16H17ClN2O2. The van der Waals surface area contributed by atoms with E-state index in [2.05, 4.69) is 4.98 Å². The van der Waals surface area contributed by atoms with Crippen LogP contribution in [0.1, 0.15) is 42.9 Å². The topological polar surface area (TPSA) is 54.9 Å². The summed E-state index contributed by atoms with van der Waals surface area (Å²) in [5, 5.41) is 0.136. The third kappa shape index (κ3) is 2.33. The van der Waals surface area contributed by atoms with E-state index in [0.29, 0.717) is 11.3 Å². The Morgan fingerprint density at radius 1 is 1.19 bits per heavy atom. The van der Waals surface area contributed by atoms with E-state index in [4.69, 9.17) is 11.6 Å². The Kier molecular flexibility index (Phi) is 3.49. The summed E-state index contributed by atoms with van der Waals surface area (Å²) in [6.45, 7) is 3.77. The molecule has 0 atom stereocenters. The Labute approximate surface area is 127 Å². The predicted molar refractivity (Wildman–Crippen MR) is 83.8 cm³/mol. The number of H-pyrrole nitrogens is 1. The van der Waals surface area contributed by atoms with Gasteiger partial charge in [0, 0.05) is 0 Å². The Morgan fingerprint density at radius 2 is 1.90 bits per heavy atom. The molecule has 0 unspecified atom stereocenters. The number of nitrogens with zero attached hydrogens (tertiary/aromatic N) is 1. The van der Waals surface area contributed by atoms with Gasteiger partial charge in [-0.3, -0.25) is 9.78 Å². The predicted octanol–water partition coefficient (Wildman–Crippen LogP) is 2.79. The van der Waals surface area contributed by atoms with Crippen LogP contribution in [0.2, 0.25) is 5.15 Å². The molecule has 5 heteroatoms. The summed E-state index contributed by atoms with van der Waals surface area (Å²) in [6.07, 6.45) is 3.20. The van der Waals surface area contributed by atoms with Crippen LogP contribution in [0, 0.1) is 0 Å². The van der Waals surface area contributed by atoms with Gasteiger partial charge in [0.1, 0.15) is 5.15 Å². The van der Waals surface area contributed by atoms with Crippen molar-refractivity contribution in [2.24, 2.45) is 0 Å². The van der Waals surface area contributed by atoms with Crippen molar-refractivity contribution >= 4 is 11.6 Å². The summed E-state index contributed by atoms with van der Waals surface area (Å²) < 4.78 is 1.18. The van der Waals surface area contributed by atoms with E-state index >= 15 is 0 Å². The lowest BCUT2D eigenvalue weighted by atomic mass is 10.1. The van der Waals surface area contributed by atoms with Crippen LogP contribution in [0.5, 0.6) is 0 Å². The Bertz CT molecular complexity index is 818.